The summed E-state index contributed by atoms with van der Waals surface area (Å²) in [4.78, 5) is 155. The average Bonchev–Trinajstić information content (AvgIpc) is 1.64. The molecule has 0 amide bonds. The fraction of sp³-hybridized carbons (Fsp3) is 0.828. The Hall–Kier alpha value is -6.13. The number of carbonyl (C=O) groups is 11. The minimum absolute atomic E-state index is 0.146. The average molecular weight is 1640 g/mol. The first-order valence-electron chi connectivity index (χ1n) is 33.5. The van der Waals surface area contributed by atoms with E-state index < -0.39 is 133 Å². The number of aliphatic carboxylic acids is 11. The summed E-state index contributed by atoms with van der Waals surface area (Å²) >= 11 is 0. The molecule has 24 N–H and O–H groups in total. The Bertz CT molecular complexity index is 2500. The Kier molecular flexibility index (Phi) is 75.9. The fourth-order valence-electron chi connectivity index (χ4n) is 6.26. The van der Waals surface area contributed by atoms with Gasteiger partial charge in [-0.1, -0.05) is 34.6 Å². The van der Waals surface area contributed by atoms with Crippen LogP contribution >= 0.6 is 15.2 Å². The van der Waals surface area contributed by atoms with E-state index >= 15 is 0 Å². The topological polar surface area (TPSA) is 669 Å². The Morgan fingerprint density at radius 3 is 0.881 bits per heavy atom. The summed E-state index contributed by atoms with van der Waals surface area (Å²) < 4.78 is 20.0. The first kappa shape index (κ1) is 126. The number of carboxylic acids is 11. The van der Waals surface area contributed by atoms with Gasteiger partial charge >= 0.3 is 80.9 Å². The predicted octanol–water partition coefficient (Wildman–Crippen LogP) is -1.73. The van der Waals surface area contributed by atoms with Crippen LogP contribution in [0, 0.1) is 11.8 Å². The zero-order chi connectivity index (χ0) is 90.2. The van der Waals surface area contributed by atoms with Gasteiger partial charge in [-0.15, -0.1) is 0 Å². The SMILES string of the molecule is CC(C(=O)O)N(C)C.CC(C)C(C(=O)O)N(C)C.CCC(NC)C(=O)O.CN(C)C(C)(C)C(=O)O.CN(C)C(CO)C(=O)O.CN(C)C1(C(=O)O)CC1.CN(C)CP(=O)(O)O.CNC(C(=O)O)C(C)C.CNC(C(=O)O)C(C)O.CNC(C)(C)C(=O)O.CNC(C)C(=O)O.CNC1(C(=O)O)CC1.CNCP(=O)(O)O. The second kappa shape index (κ2) is 65.4. The molecule has 2 aliphatic carbocycles. The molecule has 2 rings (SSSR count). The van der Waals surface area contributed by atoms with Crippen molar-refractivity contribution in [1.29, 1.82) is 0 Å². The molecule has 0 radical (unpaired) electrons. The van der Waals surface area contributed by atoms with Gasteiger partial charge in [0, 0.05) is 0 Å². The van der Waals surface area contributed by atoms with Crippen molar-refractivity contribution < 1.29 is 148 Å². The normalized spacial score (nSPS) is 14.8. The number of aliphatic hydroxyl groups excluding tert-OH is 2. The molecule has 8 unspecified atom stereocenters. The molecule has 109 heavy (non-hydrogen) atoms. The van der Waals surface area contributed by atoms with Crippen LogP contribution in [-0.2, 0) is 61.9 Å². The monoisotopic (exact) mass is 1640 g/mol. The molecule has 0 saturated heterocycles. The van der Waals surface area contributed by atoms with E-state index in [1.54, 1.807) is 181 Å². The van der Waals surface area contributed by atoms with Gasteiger partial charge in [0.05, 0.1) is 19.0 Å². The fourth-order valence-corrected chi connectivity index (χ4v) is 7.41. The third-order valence-corrected chi connectivity index (χ3v) is 16.7. The molecule has 0 aromatic heterocycles. The van der Waals surface area contributed by atoms with E-state index in [9.17, 15) is 61.9 Å². The van der Waals surface area contributed by atoms with Crippen molar-refractivity contribution >= 4 is 80.9 Å². The van der Waals surface area contributed by atoms with Crippen LogP contribution in [0.3, 0.4) is 0 Å². The van der Waals surface area contributed by atoms with Crippen molar-refractivity contribution in [3.05, 3.63) is 0 Å². The molecule has 2 aliphatic rings. The maximum Gasteiger partial charge on any atom is 0.339 e. The Morgan fingerprint density at radius 2 is 0.881 bits per heavy atom. The van der Waals surface area contributed by atoms with Crippen molar-refractivity contribution in [2.24, 2.45) is 11.8 Å². The molecule has 2 saturated carbocycles. The number of nitrogens with one attached hydrogen (secondary N) is 7. The number of likely N-dealkylation sites (N-methyl/N-ethyl adjacent to an activating group) is 11. The Labute approximate surface area is 643 Å². The van der Waals surface area contributed by atoms with Gasteiger partial charge in [0.2, 0.25) is 0 Å². The van der Waals surface area contributed by atoms with Gasteiger partial charge in [-0.3, -0.25) is 91.3 Å². The number of aliphatic hydroxyl groups is 2. The number of nitrogens with zero attached hydrogens (tertiary/aromatic N) is 6. The van der Waals surface area contributed by atoms with Crippen LogP contribution in [0.1, 0.15) is 115 Å². The molecule has 0 aromatic carbocycles. The standard InChI is InChI=1S/C7H15NO2.C6H11NO2.2C6H13NO2.2C5H11NO3.C5H9NO2.3C5H11NO2.C4H9NO2.C3H10NO3P.C2H8NO3P/c1-5(2)6(7(9)10)8(3)4;1-7(2)6(3-4-6)5(8)9;1-6(2,5(8)9)7(3)4;1-4(2)5(7-3)6(8)9;1-6(2)4(3-7)5(8)9;1-3(7)4(6-2)5(8)9;1-6-5(2-3-5)4(7)8;1-5(2,6-3)4(7)8;1-4(5(7)8)6(2)3;1-3-4(6-2)5(7)8;1-3(5-2)4(6)7;1-4(2)3-8(5,6)7;1-3-2-7(4,5)6/h5-6H,1-4H3,(H,9,10);3-4H2,1-2H3,(H,8,9);1-4H3,(H,8,9);4-5,7H,1-3H3,(H,8,9);4,7H,3H2,1-2H3,(H,8,9);3-4,6-7H,1-2H3,(H,8,9);6H,2-3H2,1H3,(H,7,8);6H,1-3H3,(H,7,8);4H,1-3H3,(H,7,8);4,6H,3H2,1-2H3,(H,7,8);3,5H,1-2H3,(H,6,7);3H2,1-2H3,(H2,5,6,7);3H,2H2,1H3,(H2,4,5,6). The first-order chi connectivity index (χ1) is 48.9. The molecule has 0 bridgehead atoms. The Morgan fingerprint density at radius 1 is 0.477 bits per heavy atom. The van der Waals surface area contributed by atoms with E-state index in [1.807, 2.05) is 34.6 Å². The van der Waals surface area contributed by atoms with Crippen molar-refractivity contribution in [3.63, 3.8) is 0 Å². The smallest absolute Gasteiger partial charge is 0.339 e. The molecule has 43 nitrogen and oxygen atoms in total. The lowest BCUT2D eigenvalue weighted by molar-refractivity contribution is -0.148. The summed E-state index contributed by atoms with van der Waals surface area (Å²) in [5, 5.41) is 128. The van der Waals surface area contributed by atoms with Crippen LogP contribution in [0.5, 0.6) is 0 Å². The second-order valence-electron chi connectivity index (χ2n) is 27.0. The van der Waals surface area contributed by atoms with Gasteiger partial charge in [-0.2, -0.15) is 0 Å². The number of hydrogen-bond donors (Lipinski definition) is 24. The van der Waals surface area contributed by atoms with Gasteiger partial charge in [0.1, 0.15) is 70.7 Å². The minimum Gasteiger partial charge on any atom is -0.480 e. The minimum atomic E-state index is -3.80. The molecular weight excluding hydrogens is 1490 g/mol. The lowest BCUT2D eigenvalue weighted by Crippen LogP contribution is -2.45. The van der Waals surface area contributed by atoms with Crippen LogP contribution in [0.25, 0.3) is 0 Å². The van der Waals surface area contributed by atoms with Crippen LogP contribution in [0.15, 0.2) is 0 Å². The van der Waals surface area contributed by atoms with E-state index in [0.717, 1.165) is 25.7 Å². The maximum absolute atomic E-state index is 10.5. The number of hydrogen-bond acceptors (Lipinski definition) is 28. The van der Waals surface area contributed by atoms with Crippen LogP contribution in [0.2, 0.25) is 0 Å². The highest BCUT2D eigenvalue weighted by Gasteiger charge is 2.52. The highest BCUT2D eigenvalue weighted by atomic mass is 31.2. The molecule has 0 aliphatic heterocycles. The zero-order valence-electron chi connectivity index (χ0n) is 69.9. The molecule has 45 heteroatoms. The molecule has 2 fully saturated rings. The van der Waals surface area contributed by atoms with Crippen molar-refractivity contribution in [1.82, 2.24) is 66.6 Å². The summed E-state index contributed by atoms with van der Waals surface area (Å²) in [6.07, 6.45) is 2.52. The van der Waals surface area contributed by atoms with Crippen molar-refractivity contribution in [2.45, 2.75) is 186 Å². The van der Waals surface area contributed by atoms with Gasteiger partial charge in [-0.05, 0) is 226 Å². The molecule has 654 valence electrons. The lowest BCUT2D eigenvalue weighted by Gasteiger charge is -2.27. The third kappa shape index (κ3) is 71.9. The molecule has 8 atom stereocenters. The summed E-state index contributed by atoms with van der Waals surface area (Å²) in [6, 6.07) is -3.59. The second-order valence-corrected chi connectivity index (χ2v) is 30.2. The zero-order valence-corrected chi connectivity index (χ0v) is 71.7. The van der Waals surface area contributed by atoms with Gasteiger partial charge in [-0.25, -0.2) is 0 Å². The van der Waals surface area contributed by atoms with Gasteiger partial charge in [0.15, 0.2) is 0 Å². The predicted molar refractivity (Wildman–Crippen MR) is 412 cm³/mol. The summed E-state index contributed by atoms with van der Waals surface area (Å²) in [5.41, 5.74) is -2.58. The highest BCUT2D eigenvalue weighted by molar-refractivity contribution is 7.51. The largest absolute Gasteiger partial charge is 0.480 e. The van der Waals surface area contributed by atoms with E-state index in [4.69, 9.17) is 86.0 Å². The van der Waals surface area contributed by atoms with E-state index in [-0.39, 0.29) is 49.1 Å². The Balaban J connectivity index is -0.000000106. The summed E-state index contributed by atoms with van der Waals surface area (Å²) in [6.45, 7) is 20.2. The molecule has 0 spiro atoms. The molecule has 0 aromatic rings. The lowest BCUT2D eigenvalue weighted by atomic mass is 10.0. The van der Waals surface area contributed by atoms with Crippen molar-refractivity contribution in [2.75, 3.05) is 153 Å². The maximum atomic E-state index is 10.5. The number of rotatable bonds is 31. The highest BCUT2D eigenvalue weighted by Crippen LogP contribution is 2.40. The van der Waals surface area contributed by atoms with Gasteiger partial charge in [0.25, 0.3) is 0 Å². The quantitative estimate of drug-likeness (QED) is 0.0343. The van der Waals surface area contributed by atoms with Crippen LogP contribution in [0.4, 0.5) is 0 Å². The third-order valence-electron chi connectivity index (χ3n) is 15.1. The number of carboxylic acid groups (broad SMARTS) is 11. The van der Waals surface area contributed by atoms with Crippen LogP contribution < -0.4 is 37.2 Å². The van der Waals surface area contributed by atoms with E-state index in [2.05, 4.69) is 37.2 Å². The van der Waals surface area contributed by atoms with Crippen molar-refractivity contribution in [3.8, 4) is 0 Å². The summed E-state index contributed by atoms with van der Waals surface area (Å²) in [7, 11) is 24.2. The van der Waals surface area contributed by atoms with Crippen LogP contribution in [-0.4, -0.2) is 405 Å². The first-order valence-corrected chi connectivity index (χ1v) is 37.1. The van der Waals surface area contributed by atoms with Gasteiger partial charge < -0.3 is 123 Å². The summed E-state index contributed by atoms with van der Waals surface area (Å²) in [5.74, 6) is -8.69. The molecular formula is C64H143N13O30P2. The molecule has 0 heterocycles. The van der Waals surface area contributed by atoms with E-state index in [1.165, 1.54) is 30.8 Å². The van der Waals surface area contributed by atoms with E-state index in [0.29, 0.717) is 6.42 Å².